The van der Waals surface area contributed by atoms with Crippen molar-refractivity contribution in [1.29, 1.82) is 0 Å². The first-order chi connectivity index (χ1) is 11.1. The number of nitrogens with one attached hydrogen (secondary N) is 1. The largest absolute Gasteiger partial charge is 0.378 e. The summed E-state index contributed by atoms with van der Waals surface area (Å²) >= 11 is 5.41. The number of rotatable bonds is 2. The van der Waals surface area contributed by atoms with Crippen LogP contribution in [0, 0.1) is 0 Å². The number of morpholine rings is 1. The van der Waals surface area contributed by atoms with E-state index in [1.165, 1.54) is 0 Å². The maximum absolute atomic E-state index is 13.1. The third-order valence-corrected chi connectivity index (χ3v) is 4.81. The maximum atomic E-state index is 13.1. The van der Waals surface area contributed by atoms with E-state index in [1.807, 2.05) is 54.1 Å². The summed E-state index contributed by atoms with van der Waals surface area (Å²) in [5.74, 6) is 0.0569. The lowest BCUT2D eigenvalue weighted by molar-refractivity contribution is -0.131. The van der Waals surface area contributed by atoms with E-state index in [1.54, 1.807) is 0 Å². The highest BCUT2D eigenvalue weighted by molar-refractivity contribution is 7.80. The van der Waals surface area contributed by atoms with E-state index in [0.29, 0.717) is 31.4 Å². The quantitative estimate of drug-likeness (QED) is 0.836. The van der Waals surface area contributed by atoms with Gasteiger partial charge in [0.1, 0.15) is 0 Å². The van der Waals surface area contributed by atoms with Gasteiger partial charge in [-0.05, 0) is 24.7 Å². The van der Waals surface area contributed by atoms with Crippen LogP contribution < -0.4 is 5.32 Å². The Morgan fingerprint density at radius 2 is 1.91 bits per heavy atom. The highest BCUT2D eigenvalue weighted by Crippen LogP contribution is 2.31. The molecule has 5 nitrogen and oxygen atoms in total. The number of benzene rings is 1. The van der Waals surface area contributed by atoms with Gasteiger partial charge in [0.05, 0.1) is 24.8 Å². The molecule has 1 N–H and O–H groups in total. The van der Waals surface area contributed by atoms with Gasteiger partial charge in [-0.1, -0.05) is 30.3 Å². The molecule has 3 rings (SSSR count). The van der Waals surface area contributed by atoms with Gasteiger partial charge in [-0.3, -0.25) is 4.79 Å². The molecular weight excluding hydrogens is 310 g/mol. The number of carbonyl (C=O) groups is 1. The molecule has 1 fully saturated rings. The third kappa shape index (κ3) is 3.09. The normalized spacial score (nSPS) is 22.2. The van der Waals surface area contributed by atoms with Crippen LogP contribution in [-0.4, -0.2) is 54.2 Å². The number of allylic oxidation sites excluding steroid dienone is 1. The van der Waals surface area contributed by atoms with E-state index in [9.17, 15) is 4.79 Å². The molecule has 0 radical (unpaired) electrons. The predicted octanol–water partition coefficient (Wildman–Crippen LogP) is 1.68. The molecule has 122 valence electrons. The average molecular weight is 331 g/mol. The smallest absolute Gasteiger partial charge is 0.254 e. The second-order valence-corrected chi connectivity index (χ2v) is 6.14. The van der Waals surface area contributed by atoms with Crippen molar-refractivity contribution in [3.63, 3.8) is 0 Å². The van der Waals surface area contributed by atoms with Gasteiger partial charge in [0, 0.05) is 25.8 Å². The van der Waals surface area contributed by atoms with E-state index >= 15 is 0 Å². The lowest BCUT2D eigenvalue weighted by Crippen LogP contribution is -2.50. The van der Waals surface area contributed by atoms with E-state index in [-0.39, 0.29) is 11.9 Å². The number of hydrogen-bond acceptors (Lipinski definition) is 3. The highest BCUT2D eigenvalue weighted by Gasteiger charge is 2.34. The molecular formula is C17H21N3O2S. The fourth-order valence-corrected chi connectivity index (χ4v) is 3.20. The monoisotopic (exact) mass is 331 g/mol. The van der Waals surface area contributed by atoms with Gasteiger partial charge in [-0.2, -0.15) is 0 Å². The van der Waals surface area contributed by atoms with Gasteiger partial charge in [0.2, 0.25) is 0 Å². The molecule has 0 saturated carbocycles. The Kier molecular flexibility index (Phi) is 4.63. The zero-order chi connectivity index (χ0) is 16.4. The molecule has 1 aromatic rings. The molecule has 1 unspecified atom stereocenters. The first-order valence-corrected chi connectivity index (χ1v) is 8.17. The highest BCUT2D eigenvalue weighted by atomic mass is 32.1. The van der Waals surface area contributed by atoms with Gasteiger partial charge < -0.3 is 19.9 Å². The summed E-state index contributed by atoms with van der Waals surface area (Å²) in [4.78, 5) is 16.8. The van der Waals surface area contributed by atoms with E-state index < -0.39 is 0 Å². The van der Waals surface area contributed by atoms with Crippen LogP contribution in [0.15, 0.2) is 41.6 Å². The summed E-state index contributed by atoms with van der Waals surface area (Å²) in [6.45, 7) is 4.40. The summed E-state index contributed by atoms with van der Waals surface area (Å²) in [5.41, 5.74) is 2.70. The van der Waals surface area contributed by atoms with Crippen molar-refractivity contribution in [3.05, 3.63) is 47.2 Å². The number of thiocarbonyl (C=S) groups is 1. The van der Waals surface area contributed by atoms with Crippen molar-refractivity contribution in [2.75, 3.05) is 33.4 Å². The van der Waals surface area contributed by atoms with Crippen LogP contribution in [0.4, 0.5) is 0 Å². The fraction of sp³-hybridized carbons (Fsp3) is 0.412. The molecule has 2 heterocycles. The van der Waals surface area contributed by atoms with E-state index in [4.69, 9.17) is 17.0 Å². The molecule has 2 aliphatic heterocycles. The Bertz CT molecular complexity index is 638. The van der Waals surface area contributed by atoms with Crippen molar-refractivity contribution < 1.29 is 9.53 Å². The Hall–Kier alpha value is -1.92. The van der Waals surface area contributed by atoms with Crippen molar-refractivity contribution in [3.8, 4) is 0 Å². The first-order valence-electron chi connectivity index (χ1n) is 7.76. The van der Waals surface area contributed by atoms with E-state index in [2.05, 4.69) is 5.32 Å². The molecule has 1 atom stereocenters. The number of carbonyl (C=O) groups excluding carboxylic acids is 1. The second-order valence-electron chi connectivity index (χ2n) is 5.76. The Labute approximate surface area is 141 Å². The van der Waals surface area contributed by atoms with Crippen LogP contribution in [0.25, 0.3) is 0 Å². The number of nitrogens with zero attached hydrogens (tertiary/aromatic N) is 2. The van der Waals surface area contributed by atoms with Crippen LogP contribution in [0.1, 0.15) is 18.5 Å². The molecule has 0 bridgehead atoms. The molecule has 0 spiro atoms. The molecule has 2 aliphatic rings. The average Bonchev–Trinajstić information content (AvgIpc) is 2.60. The van der Waals surface area contributed by atoms with Gasteiger partial charge in [-0.15, -0.1) is 0 Å². The van der Waals surface area contributed by atoms with Gasteiger partial charge in [-0.25, -0.2) is 0 Å². The van der Waals surface area contributed by atoms with E-state index in [0.717, 1.165) is 16.8 Å². The summed E-state index contributed by atoms with van der Waals surface area (Å²) in [6, 6.07) is 9.75. The Balaban J connectivity index is 2.00. The Morgan fingerprint density at radius 3 is 2.57 bits per heavy atom. The maximum Gasteiger partial charge on any atom is 0.254 e. The lowest BCUT2D eigenvalue weighted by Gasteiger charge is -2.38. The summed E-state index contributed by atoms with van der Waals surface area (Å²) in [6.07, 6.45) is 0. The Morgan fingerprint density at radius 1 is 1.26 bits per heavy atom. The van der Waals surface area contributed by atoms with Gasteiger partial charge in [0.15, 0.2) is 5.11 Å². The molecule has 6 heteroatoms. The zero-order valence-electron chi connectivity index (χ0n) is 13.4. The zero-order valence-corrected chi connectivity index (χ0v) is 14.2. The van der Waals surface area contributed by atoms with Crippen molar-refractivity contribution in [1.82, 2.24) is 15.1 Å². The number of ether oxygens (including phenoxy) is 1. The topological polar surface area (TPSA) is 44.8 Å². The summed E-state index contributed by atoms with van der Waals surface area (Å²) in [5, 5.41) is 3.94. The molecule has 1 aromatic carbocycles. The lowest BCUT2D eigenvalue weighted by atomic mass is 9.94. The predicted molar refractivity (Wildman–Crippen MR) is 92.8 cm³/mol. The summed E-state index contributed by atoms with van der Waals surface area (Å²) in [7, 11) is 1.89. The van der Waals surface area contributed by atoms with Crippen LogP contribution in [-0.2, 0) is 9.53 Å². The summed E-state index contributed by atoms with van der Waals surface area (Å²) < 4.78 is 5.36. The minimum absolute atomic E-state index is 0.0569. The third-order valence-electron chi connectivity index (χ3n) is 4.42. The fourth-order valence-electron chi connectivity index (χ4n) is 2.94. The van der Waals surface area contributed by atoms with Crippen molar-refractivity contribution in [2.45, 2.75) is 13.0 Å². The van der Waals surface area contributed by atoms with Gasteiger partial charge >= 0.3 is 0 Å². The number of amides is 1. The van der Waals surface area contributed by atoms with Crippen LogP contribution in [0.3, 0.4) is 0 Å². The van der Waals surface area contributed by atoms with Gasteiger partial charge in [0.25, 0.3) is 5.91 Å². The molecule has 1 saturated heterocycles. The van der Waals surface area contributed by atoms with Crippen LogP contribution in [0.5, 0.6) is 0 Å². The molecule has 1 amide bonds. The van der Waals surface area contributed by atoms with Crippen molar-refractivity contribution in [2.24, 2.45) is 0 Å². The minimum Gasteiger partial charge on any atom is -0.378 e. The molecule has 0 aromatic heterocycles. The minimum atomic E-state index is -0.213. The number of hydrogen-bond donors (Lipinski definition) is 1. The first kappa shape index (κ1) is 16.0. The van der Waals surface area contributed by atoms with Crippen LogP contribution in [0.2, 0.25) is 0 Å². The molecule has 0 aliphatic carbocycles. The SMILES string of the molecule is CC1=C(C(=O)N2CCOCC2)C(c2ccccc2)NC(=S)N1C. The van der Waals surface area contributed by atoms with Crippen molar-refractivity contribution >= 4 is 23.2 Å². The van der Waals surface area contributed by atoms with Crippen LogP contribution >= 0.6 is 12.2 Å². The standard InChI is InChI=1S/C17H21N3O2S/c1-12-14(16(21)20-8-10-22-11-9-20)15(18-17(23)19(12)2)13-6-4-3-5-7-13/h3-7,15H,8-11H2,1-2H3,(H,18,23). The molecule has 23 heavy (non-hydrogen) atoms. The second kappa shape index (κ2) is 6.68.